The first-order valence-electron chi connectivity index (χ1n) is 6.61. The summed E-state index contributed by atoms with van der Waals surface area (Å²) in [6, 6.07) is 9.52. The fraction of sp³-hybridized carbons (Fsp3) is 0.600. The minimum absolute atomic E-state index is 0.633. The smallest absolute Gasteiger partial charge is 0.0141 e. The van der Waals surface area contributed by atoms with Crippen molar-refractivity contribution >= 4 is 11.8 Å². The average molecular weight is 249 g/mol. The fourth-order valence-electron chi connectivity index (χ4n) is 2.58. The first-order chi connectivity index (χ1) is 8.22. The predicted octanol–water partition coefficient (Wildman–Crippen LogP) is 3.90. The molecule has 0 saturated carbocycles. The van der Waals surface area contributed by atoms with Gasteiger partial charge in [0.15, 0.2) is 0 Å². The molecule has 1 N–H and O–H groups in total. The summed E-state index contributed by atoms with van der Waals surface area (Å²) in [5.41, 5.74) is 1.56. The summed E-state index contributed by atoms with van der Waals surface area (Å²) < 4.78 is 0. The van der Waals surface area contributed by atoms with Crippen LogP contribution in [0.1, 0.15) is 38.2 Å². The molecule has 0 aromatic heterocycles. The summed E-state index contributed by atoms with van der Waals surface area (Å²) in [7, 11) is 2.11. The third-order valence-electron chi connectivity index (χ3n) is 3.65. The molecule has 94 valence electrons. The Balaban J connectivity index is 2.06. The van der Waals surface area contributed by atoms with E-state index in [4.69, 9.17) is 0 Å². The molecule has 1 aliphatic heterocycles. The molecule has 0 radical (unpaired) electrons. The number of hydrogen-bond acceptors (Lipinski definition) is 2. The topological polar surface area (TPSA) is 12.0 Å². The van der Waals surface area contributed by atoms with Crippen molar-refractivity contribution in [2.75, 3.05) is 12.8 Å². The van der Waals surface area contributed by atoms with Gasteiger partial charge < -0.3 is 5.32 Å². The lowest BCUT2D eigenvalue weighted by atomic mass is 9.89. The lowest BCUT2D eigenvalue weighted by molar-refractivity contribution is 0.414. The molecule has 2 unspecified atom stereocenters. The fourth-order valence-corrected chi connectivity index (χ4v) is 3.91. The lowest BCUT2D eigenvalue weighted by Crippen LogP contribution is -2.32. The maximum Gasteiger partial charge on any atom is 0.0141 e. The zero-order valence-electron chi connectivity index (χ0n) is 11.1. The molecule has 0 spiro atoms. The van der Waals surface area contributed by atoms with Crippen molar-refractivity contribution in [2.45, 2.75) is 43.5 Å². The van der Waals surface area contributed by atoms with Crippen LogP contribution in [0.5, 0.6) is 0 Å². The normalized spacial score (nSPS) is 20.6. The second kappa shape index (κ2) is 5.92. The Labute approximate surface area is 109 Å². The van der Waals surface area contributed by atoms with Crippen LogP contribution in [0, 0.1) is 5.92 Å². The standard InChI is InChI=1S/C15H23NS/c1-11(2)8-9-14(16-3)13-10-17-15-7-5-4-6-12(13)15/h4-7,11,13-14,16H,8-10H2,1-3H3. The molecule has 1 nitrogen and oxygen atoms in total. The van der Waals surface area contributed by atoms with Crippen LogP contribution in [0.25, 0.3) is 0 Å². The third-order valence-corrected chi connectivity index (χ3v) is 4.86. The van der Waals surface area contributed by atoms with Gasteiger partial charge in [-0.1, -0.05) is 32.0 Å². The molecule has 0 bridgehead atoms. The monoisotopic (exact) mass is 249 g/mol. The Bertz CT molecular complexity index is 362. The van der Waals surface area contributed by atoms with Crippen molar-refractivity contribution in [2.24, 2.45) is 5.92 Å². The molecule has 17 heavy (non-hydrogen) atoms. The molecule has 1 aromatic carbocycles. The van der Waals surface area contributed by atoms with E-state index in [9.17, 15) is 0 Å². The molecule has 1 aromatic rings. The van der Waals surface area contributed by atoms with E-state index in [1.54, 1.807) is 5.56 Å². The minimum Gasteiger partial charge on any atom is -0.316 e. The van der Waals surface area contributed by atoms with Crippen LogP contribution in [0.4, 0.5) is 0 Å². The second-order valence-electron chi connectivity index (χ2n) is 5.32. The van der Waals surface area contributed by atoms with E-state index in [2.05, 4.69) is 50.5 Å². The van der Waals surface area contributed by atoms with Gasteiger partial charge in [0.25, 0.3) is 0 Å². The molecule has 1 aliphatic rings. The van der Waals surface area contributed by atoms with Gasteiger partial charge in [-0.3, -0.25) is 0 Å². The van der Waals surface area contributed by atoms with Crippen LogP contribution in [0.15, 0.2) is 29.2 Å². The van der Waals surface area contributed by atoms with Gasteiger partial charge in [-0.15, -0.1) is 11.8 Å². The quantitative estimate of drug-likeness (QED) is 0.849. The van der Waals surface area contributed by atoms with E-state index in [0.717, 1.165) is 5.92 Å². The van der Waals surface area contributed by atoms with Gasteiger partial charge in [0.2, 0.25) is 0 Å². The zero-order chi connectivity index (χ0) is 12.3. The van der Waals surface area contributed by atoms with Gasteiger partial charge in [0, 0.05) is 22.6 Å². The van der Waals surface area contributed by atoms with E-state index in [-0.39, 0.29) is 0 Å². The summed E-state index contributed by atoms with van der Waals surface area (Å²) in [4.78, 5) is 1.49. The Morgan fingerprint density at radius 2 is 2.06 bits per heavy atom. The van der Waals surface area contributed by atoms with Gasteiger partial charge in [-0.2, -0.15) is 0 Å². The first-order valence-corrected chi connectivity index (χ1v) is 7.60. The molecule has 2 rings (SSSR count). The van der Waals surface area contributed by atoms with Crippen LogP contribution in [0.2, 0.25) is 0 Å². The van der Waals surface area contributed by atoms with Gasteiger partial charge in [-0.05, 0) is 37.4 Å². The van der Waals surface area contributed by atoms with Crippen molar-refractivity contribution in [1.82, 2.24) is 5.32 Å². The van der Waals surface area contributed by atoms with Crippen molar-refractivity contribution in [3.63, 3.8) is 0 Å². The summed E-state index contributed by atoms with van der Waals surface area (Å²) >= 11 is 2.01. The molecule has 1 heterocycles. The average Bonchev–Trinajstić information content (AvgIpc) is 2.74. The molecular weight excluding hydrogens is 226 g/mol. The van der Waals surface area contributed by atoms with Gasteiger partial charge in [0.1, 0.15) is 0 Å². The summed E-state index contributed by atoms with van der Waals surface area (Å²) in [6.45, 7) is 4.62. The molecule has 0 aliphatic carbocycles. The Hall–Kier alpha value is -0.470. The van der Waals surface area contributed by atoms with Crippen LogP contribution in [0.3, 0.4) is 0 Å². The number of hydrogen-bond donors (Lipinski definition) is 1. The minimum atomic E-state index is 0.633. The predicted molar refractivity (Wildman–Crippen MR) is 76.8 cm³/mol. The van der Waals surface area contributed by atoms with Crippen LogP contribution in [-0.4, -0.2) is 18.8 Å². The van der Waals surface area contributed by atoms with Crippen molar-refractivity contribution in [3.05, 3.63) is 29.8 Å². The Morgan fingerprint density at radius 3 is 2.76 bits per heavy atom. The highest BCUT2D eigenvalue weighted by atomic mass is 32.2. The molecule has 0 fully saturated rings. The first kappa shape index (κ1) is 13.0. The second-order valence-corrected chi connectivity index (χ2v) is 6.38. The van der Waals surface area contributed by atoms with Crippen LogP contribution < -0.4 is 5.32 Å². The van der Waals surface area contributed by atoms with Crippen LogP contribution >= 0.6 is 11.8 Å². The number of thioether (sulfide) groups is 1. The van der Waals surface area contributed by atoms with Crippen molar-refractivity contribution in [1.29, 1.82) is 0 Å². The highest BCUT2D eigenvalue weighted by Crippen LogP contribution is 2.41. The highest BCUT2D eigenvalue weighted by molar-refractivity contribution is 7.99. The van der Waals surface area contributed by atoms with E-state index in [0.29, 0.717) is 12.0 Å². The lowest BCUT2D eigenvalue weighted by Gasteiger charge is -2.24. The maximum atomic E-state index is 3.53. The number of rotatable bonds is 5. The maximum absolute atomic E-state index is 3.53. The Kier molecular flexibility index (Phi) is 4.52. The zero-order valence-corrected chi connectivity index (χ0v) is 11.9. The third kappa shape index (κ3) is 3.05. The molecule has 2 heteroatoms. The van der Waals surface area contributed by atoms with E-state index < -0.39 is 0 Å². The number of fused-ring (bicyclic) bond motifs is 1. The highest BCUT2D eigenvalue weighted by Gasteiger charge is 2.28. The number of likely N-dealkylation sites (N-methyl/N-ethyl adjacent to an activating group) is 1. The molecule has 0 amide bonds. The SMILES string of the molecule is CNC(CCC(C)C)C1CSc2ccccc21. The number of benzene rings is 1. The van der Waals surface area contributed by atoms with E-state index >= 15 is 0 Å². The Morgan fingerprint density at radius 1 is 1.29 bits per heavy atom. The molecular formula is C15H23NS. The summed E-state index contributed by atoms with van der Waals surface area (Å²) in [5, 5.41) is 3.53. The largest absolute Gasteiger partial charge is 0.316 e. The van der Waals surface area contributed by atoms with Crippen molar-refractivity contribution in [3.8, 4) is 0 Å². The molecule has 0 saturated heterocycles. The van der Waals surface area contributed by atoms with Crippen LogP contribution in [-0.2, 0) is 0 Å². The van der Waals surface area contributed by atoms with Gasteiger partial charge >= 0.3 is 0 Å². The van der Waals surface area contributed by atoms with E-state index in [1.807, 2.05) is 11.8 Å². The molecule has 2 atom stereocenters. The summed E-state index contributed by atoms with van der Waals surface area (Å²) in [5.74, 6) is 2.73. The van der Waals surface area contributed by atoms with Gasteiger partial charge in [0.05, 0.1) is 0 Å². The summed E-state index contributed by atoms with van der Waals surface area (Å²) in [6.07, 6.45) is 2.60. The van der Waals surface area contributed by atoms with E-state index in [1.165, 1.54) is 23.5 Å². The van der Waals surface area contributed by atoms with Gasteiger partial charge in [-0.25, -0.2) is 0 Å². The van der Waals surface area contributed by atoms with Crippen molar-refractivity contribution < 1.29 is 0 Å². The number of nitrogens with one attached hydrogen (secondary N) is 1.